The summed E-state index contributed by atoms with van der Waals surface area (Å²) >= 11 is 0. The van der Waals surface area contributed by atoms with Gasteiger partial charge in [0, 0.05) is 19.1 Å². The van der Waals surface area contributed by atoms with E-state index in [2.05, 4.69) is 5.32 Å². The van der Waals surface area contributed by atoms with Crippen molar-refractivity contribution in [2.75, 3.05) is 26.8 Å². The Morgan fingerprint density at radius 2 is 1.77 bits per heavy atom. The fourth-order valence-corrected chi connectivity index (χ4v) is 5.29. The summed E-state index contributed by atoms with van der Waals surface area (Å²) < 4.78 is 38.3. The van der Waals surface area contributed by atoms with Gasteiger partial charge in [-0.1, -0.05) is 24.3 Å². The van der Waals surface area contributed by atoms with Crippen molar-refractivity contribution in [3.63, 3.8) is 0 Å². The number of carbonyl (C=O) groups excluding carboxylic acids is 1. The molecule has 2 aromatic carbocycles. The molecule has 0 radical (unpaired) electrons. The number of nitrogens with one attached hydrogen (secondary N) is 1. The Morgan fingerprint density at radius 1 is 1.10 bits per heavy atom. The lowest BCUT2D eigenvalue weighted by Crippen LogP contribution is -2.47. The number of nitrogens with zero attached hydrogens (tertiary/aromatic N) is 1. The van der Waals surface area contributed by atoms with Crippen LogP contribution in [0.25, 0.3) is 0 Å². The maximum absolute atomic E-state index is 13.0. The molecule has 7 nitrogen and oxygen atoms in total. The normalized spacial score (nSPS) is 15.6. The molecule has 1 heterocycles. The molecule has 0 saturated carbocycles. The Balaban J connectivity index is 1.53. The maximum Gasteiger partial charge on any atom is 0.258 e. The van der Waals surface area contributed by atoms with Crippen molar-refractivity contribution in [1.29, 1.82) is 0 Å². The summed E-state index contributed by atoms with van der Waals surface area (Å²) in [6, 6.07) is 12.5. The van der Waals surface area contributed by atoms with Gasteiger partial charge in [0.25, 0.3) is 5.91 Å². The molecule has 2 aromatic rings. The van der Waals surface area contributed by atoms with Gasteiger partial charge in [0.05, 0.1) is 12.0 Å². The van der Waals surface area contributed by atoms with Crippen molar-refractivity contribution in [2.45, 2.75) is 37.6 Å². The zero-order valence-corrected chi connectivity index (χ0v) is 18.4. The van der Waals surface area contributed by atoms with E-state index in [1.807, 2.05) is 31.2 Å². The molecule has 0 spiro atoms. The minimum absolute atomic E-state index is 0.0798. The van der Waals surface area contributed by atoms with Crippen molar-refractivity contribution < 1.29 is 22.7 Å². The van der Waals surface area contributed by atoms with Crippen molar-refractivity contribution in [2.24, 2.45) is 0 Å². The number of rotatable bonds is 7. The summed E-state index contributed by atoms with van der Waals surface area (Å²) in [5.74, 6) is 0.830. The van der Waals surface area contributed by atoms with E-state index in [4.69, 9.17) is 9.47 Å². The van der Waals surface area contributed by atoms with Crippen LogP contribution in [0, 0.1) is 13.8 Å². The quantitative estimate of drug-likeness (QED) is 0.727. The monoisotopic (exact) mass is 432 g/mol. The first-order chi connectivity index (χ1) is 14.3. The Hall–Kier alpha value is -2.58. The highest BCUT2D eigenvalue weighted by atomic mass is 32.2. The number of hydrogen-bond donors (Lipinski definition) is 1. The highest BCUT2D eigenvalue weighted by Gasteiger charge is 2.31. The van der Waals surface area contributed by atoms with Crippen LogP contribution in [0.4, 0.5) is 0 Å². The molecule has 1 saturated heterocycles. The smallest absolute Gasteiger partial charge is 0.258 e. The number of ether oxygens (including phenoxy) is 2. The van der Waals surface area contributed by atoms with Gasteiger partial charge in [0.15, 0.2) is 18.1 Å². The van der Waals surface area contributed by atoms with Crippen LogP contribution >= 0.6 is 0 Å². The SMILES string of the molecule is COc1ccccc1OCC(=O)NC1CCN(S(=O)(=O)c2cc(C)ccc2C)CC1. The Labute approximate surface area is 178 Å². The fraction of sp³-hybridized carbons (Fsp3) is 0.409. The zero-order chi connectivity index (χ0) is 21.7. The predicted molar refractivity (Wildman–Crippen MR) is 114 cm³/mol. The molecule has 1 N–H and O–H groups in total. The minimum atomic E-state index is -3.54. The Bertz CT molecular complexity index is 998. The second kappa shape index (κ2) is 9.49. The summed E-state index contributed by atoms with van der Waals surface area (Å²) in [5.41, 5.74) is 1.65. The van der Waals surface area contributed by atoms with Gasteiger partial charge in [-0.05, 0) is 56.0 Å². The molecule has 1 aliphatic rings. The second-order valence-corrected chi connectivity index (χ2v) is 9.36. The van der Waals surface area contributed by atoms with Gasteiger partial charge in [0.2, 0.25) is 10.0 Å². The summed E-state index contributed by atoms with van der Waals surface area (Å²) in [4.78, 5) is 12.6. The lowest BCUT2D eigenvalue weighted by molar-refractivity contribution is -0.124. The van der Waals surface area contributed by atoms with Gasteiger partial charge in [-0.2, -0.15) is 4.31 Å². The molecule has 0 aromatic heterocycles. The van der Waals surface area contributed by atoms with Crippen LogP contribution in [-0.4, -0.2) is 51.5 Å². The van der Waals surface area contributed by atoms with Crippen LogP contribution in [0.1, 0.15) is 24.0 Å². The van der Waals surface area contributed by atoms with Crippen LogP contribution in [-0.2, 0) is 14.8 Å². The Morgan fingerprint density at radius 3 is 2.43 bits per heavy atom. The number of para-hydroxylation sites is 2. The predicted octanol–water partition coefficient (Wildman–Crippen LogP) is 2.66. The molecule has 8 heteroatoms. The summed E-state index contributed by atoms with van der Waals surface area (Å²) in [6.45, 7) is 4.30. The molecule has 0 bridgehead atoms. The van der Waals surface area contributed by atoms with E-state index in [1.165, 1.54) is 4.31 Å². The number of aryl methyl sites for hydroxylation is 2. The average molecular weight is 433 g/mol. The number of amides is 1. The van der Waals surface area contributed by atoms with Crippen LogP contribution in [0.3, 0.4) is 0 Å². The third kappa shape index (κ3) is 5.12. The van der Waals surface area contributed by atoms with E-state index >= 15 is 0 Å². The lowest BCUT2D eigenvalue weighted by Gasteiger charge is -2.32. The number of hydrogen-bond acceptors (Lipinski definition) is 5. The minimum Gasteiger partial charge on any atom is -0.493 e. The van der Waals surface area contributed by atoms with Crippen molar-refractivity contribution >= 4 is 15.9 Å². The van der Waals surface area contributed by atoms with Crippen molar-refractivity contribution in [3.05, 3.63) is 53.6 Å². The standard InChI is InChI=1S/C22H28N2O5S/c1-16-8-9-17(2)21(14-16)30(26,27)24-12-10-18(11-13-24)23-22(25)15-29-20-7-5-4-6-19(20)28-3/h4-9,14,18H,10-13,15H2,1-3H3,(H,23,25). The van der Waals surface area contributed by atoms with Gasteiger partial charge in [-0.25, -0.2) is 8.42 Å². The lowest BCUT2D eigenvalue weighted by atomic mass is 10.1. The average Bonchev–Trinajstić information content (AvgIpc) is 2.74. The van der Waals surface area contributed by atoms with Crippen molar-refractivity contribution in [3.8, 4) is 11.5 Å². The van der Waals surface area contributed by atoms with E-state index in [0.29, 0.717) is 42.3 Å². The van der Waals surface area contributed by atoms with E-state index < -0.39 is 10.0 Å². The third-order valence-electron chi connectivity index (χ3n) is 5.21. The van der Waals surface area contributed by atoms with E-state index in [1.54, 1.807) is 32.2 Å². The number of piperidine rings is 1. The molecule has 1 aliphatic heterocycles. The number of methoxy groups -OCH3 is 1. The second-order valence-electron chi connectivity index (χ2n) is 7.45. The van der Waals surface area contributed by atoms with Gasteiger partial charge >= 0.3 is 0 Å². The van der Waals surface area contributed by atoms with E-state index in [9.17, 15) is 13.2 Å². The number of carbonyl (C=O) groups is 1. The van der Waals surface area contributed by atoms with Crippen LogP contribution in [0.15, 0.2) is 47.4 Å². The van der Waals surface area contributed by atoms with Gasteiger partial charge in [-0.15, -0.1) is 0 Å². The molecule has 0 aliphatic carbocycles. The van der Waals surface area contributed by atoms with E-state index in [-0.39, 0.29) is 18.6 Å². The molecule has 162 valence electrons. The summed E-state index contributed by atoms with van der Waals surface area (Å²) in [5, 5.41) is 2.93. The maximum atomic E-state index is 13.0. The van der Waals surface area contributed by atoms with Crippen LogP contribution < -0.4 is 14.8 Å². The highest BCUT2D eigenvalue weighted by Crippen LogP contribution is 2.26. The number of benzene rings is 2. The zero-order valence-electron chi connectivity index (χ0n) is 17.6. The topological polar surface area (TPSA) is 84.9 Å². The first kappa shape index (κ1) is 22.1. The fourth-order valence-electron chi connectivity index (χ4n) is 3.52. The third-order valence-corrected chi connectivity index (χ3v) is 7.25. The molecular weight excluding hydrogens is 404 g/mol. The van der Waals surface area contributed by atoms with Crippen LogP contribution in [0.2, 0.25) is 0 Å². The van der Waals surface area contributed by atoms with Gasteiger partial charge < -0.3 is 14.8 Å². The molecule has 0 atom stereocenters. The molecule has 1 fully saturated rings. The molecule has 3 rings (SSSR count). The first-order valence-electron chi connectivity index (χ1n) is 9.94. The highest BCUT2D eigenvalue weighted by molar-refractivity contribution is 7.89. The Kier molecular flexibility index (Phi) is 6.99. The summed E-state index contributed by atoms with van der Waals surface area (Å²) in [7, 11) is -2.00. The van der Waals surface area contributed by atoms with Crippen LogP contribution in [0.5, 0.6) is 11.5 Å². The molecular formula is C22H28N2O5S. The molecule has 1 amide bonds. The first-order valence-corrected chi connectivity index (χ1v) is 11.4. The van der Waals surface area contributed by atoms with Gasteiger partial charge in [0.1, 0.15) is 0 Å². The molecule has 30 heavy (non-hydrogen) atoms. The largest absolute Gasteiger partial charge is 0.493 e. The van der Waals surface area contributed by atoms with E-state index in [0.717, 1.165) is 11.1 Å². The van der Waals surface area contributed by atoms with Gasteiger partial charge in [-0.3, -0.25) is 4.79 Å². The number of sulfonamides is 1. The van der Waals surface area contributed by atoms with Crippen molar-refractivity contribution in [1.82, 2.24) is 9.62 Å². The summed E-state index contributed by atoms with van der Waals surface area (Å²) in [6.07, 6.45) is 1.12. The molecule has 0 unspecified atom stereocenters.